The van der Waals surface area contributed by atoms with E-state index in [1.54, 1.807) is 7.05 Å². The standard InChI is InChI=1S/C10H20N2O3/c1-12(8-6-10(14)15)9(13)5-3-2-4-7-11/h2-8,11H2,1H3,(H,14,15). The van der Waals surface area contributed by atoms with Gasteiger partial charge in [-0.15, -0.1) is 0 Å². The van der Waals surface area contributed by atoms with Crippen molar-refractivity contribution in [2.45, 2.75) is 32.1 Å². The Bertz CT molecular complexity index is 207. The Hall–Kier alpha value is -1.10. The van der Waals surface area contributed by atoms with E-state index in [4.69, 9.17) is 10.8 Å². The number of nitrogens with zero attached hydrogens (tertiary/aromatic N) is 1. The zero-order valence-corrected chi connectivity index (χ0v) is 9.24. The lowest BCUT2D eigenvalue weighted by Gasteiger charge is -2.15. The second-order valence-corrected chi connectivity index (χ2v) is 3.56. The molecule has 0 rings (SSSR count). The van der Waals surface area contributed by atoms with Crippen molar-refractivity contribution < 1.29 is 14.7 Å². The Morgan fingerprint density at radius 2 is 1.87 bits per heavy atom. The van der Waals surface area contributed by atoms with E-state index in [1.807, 2.05) is 0 Å². The predicted molar refractivity (Wildman–Crippen MR) is 57.4 cm³/mol. The Kier molecular flexibility index (Phi) is 7.62. The number of carbonyl (C=O) groups is 2. The average molecular weight is 216 g/mol. The second-order valence-electron chi connectivity index (χ2n) is 3.56. The topological polar surface area (TPSA) is 83.6 Å². The van der Waals surface area contributed by atoms with E-state index in [0.717, 1.165) is 19.3 Å². The third kappa shape index (κ3) is 7.93. The molecule has 0 aromatic heterocycles. The van der Waals surface area contributed by atoms with Gasteiger partial charge in [0.2, 0.25) is 5.91 Å². The lowest BCUT2D eigenvalue weighted by atomic mass is 10.2. The summed E-state index contributed by atoms with van der Waals surface area (Å²) in [4.78, 5) is 23.2. The summed E-state index contributed by atoms with van der Waals surface area (Å²) in [6.45, 7) is 0.939. The molecule has 0 aromatic rings. The molecule has 0 aliphatic carbocycles. The first-order chi connectivity index (χ1) is 7.07. The molecule has 0 spiro atoms. The van der Waals surface area contributed by atoms with Crippen molar-refractivity contribution >= 4 is 11.9 Å². The van der Waals surface area contributed by atoms with Gasteiger partial charge in [-0.05, 0) is 19.4 Å². The molecule has 15 heavy (non-hydrogen) atoms. The number of amides is 1. The highest BCUT2D eigenvalue weighted by Gasteiger charge is 2.09. The first kappa shape index (κ1) is 13.9. The minimum absolute atomic E-state index is 0.00500. The predicted octanol–water partition coefficient (Wildman–Crippen LogP) is 0.439. The van der Waals surface area contributed by atoms with E-state index < -0.39 is 5.97 Å². The molecular formula is C10H20N2O3. The average Bonchev–Trinajstić information content (AvgIpc) is 2.20. The number of hydrogen-bond acceptors (Lipinski definition) is 3. The summed E-state index contributed by atoms with van der Waals surface area (Å²) in [5, 5.41) is 8.44. The Morgan fingerprint density at radius 1 is 1.20 bits per heavy atom. The van der Waals surface area contributed by atoms with Gasteiger partial charge in [-0.2, -0.15) is 0 Å². The van der Waals surface area contributed by atoms with Gasteiger partial charge < -0.3 is 15.7 Å². The van der Waals surface area contributed by atoms with E-state index in [2.05, 4.69) is 0 Å². The zero-order chi connectivity index (χ0) is 11.7. The molecule has 3 N–H and O–H groups in total. The van der Waals surface area contributed by atoms with Crippen molar-refractivity contribution in [3.8, 4) is 0 Å². The monoisotopic (exact) mass is 216 g/mol. The molecule has 1 amide bonds. The fourth-order valence-corrected chi connectivity index (χ4v) is 1.18. The minimum Gasteiger partial charge on any atom is -0.481 e. The van der Waals surface area contributed by atoms with Crippen molar-refractivity contribution in [3.05, 3.63) is 0 Å². The molecule has 0 radical (unpaired) electrons. The number of carbonyl (C=O) groups excluding carboxylic acids is 1. The van der Waals surface area contributed by atoms with Crippen LogP contribution in [-0.4, -0.2) is 42.0 Å². The SMILES string of the molecule is CN(CCC(=O)O)C(=O)CCCCCN. The van der Waals surface area contributed by atoms with Crippen LogP contribution < -0.4 is 5.73 Å². The molecule has 0 saturated carbocycles. The highest BCUT2D eigenvalue weighted by Crippen LogP contribution is 2.02. The second kappa shape index (κ2) is 8.23. The summed E-state index contributed by atoms with van der Waals surface area (Å²) in [7, 11) is 1.63. The summed E-state index contributed by atoms with van der Waals surface area (Å²) in [5.74, 6) is -0.869. The lowest BCUT2D eigenvalue weighted by molar-refractivity contribution is -0.138. The minimum atomic E-state index is -0.877. The summed E-state index contributed by atoms with van der Waals surface area (Å²) in [5.41, 5.74) is 5.33. The quantitative estimate of drug-likeness (QED) is 0.577. The van der Waals surface area contributed by atoms with Gasteiger partial charge in [0.15, 0.2) is 0 Å². The van der Waals surface area contributed by atoms with E-state index in [9.17, 15) is 9.59 Å². The normalized spacial score (nSPS) is 10.0. The Balaban J connectivity index is 3.55. The molecule has 0 unspecified atom stereocenters. The van der Waals surface area contributed by atoms with Crippen LogP contribution in [0.3, 0.4) is 0 Å². The molecule has 0 aromatic carbocycles. The highest BCUT2D eigenvalue weighted by molar-refractivity contribution is 5.76. The van der Waals surface area contributed by atoms with Crippen molar-refractivity contribution in [1.29, 1.82) is 0 Å². The highest BCUT2D eigenvalue weighted by atomic mass is 16.4. The number of carboxylic acids is 1. The molecule has 0 heterocycles. The number of unbranched alkanes of at least 4 members (excludes halogenated alkanes) is 2. The van der Waals surface area contributed by atoms with Gasteiger partial charge in [-0.3, -0.25) is 9.59 Å². The number of rotatable bonds is 8. The smallest absolute Gasteiger partial charge is 0.305 e. The third-order valence-corrected chi connectivity index (χ3v) is 2.18. The summed E-state index contributed by atoms with van der Waals surface area (Å²) >= 11 is 0. The molecule has 0 atom stereocenters. The lowest BCUT2D eigenvalue weighted by Crippen LogP contribution is -2.28. The first-order valence-corrected chi connectivity index (χ1v) is 5.23. The van der Waals surface area contributed by atoms with E-state index in [-0.39, 0.29) is 18.9 Å². The van der Waals surface area contributed by atoms with E-state index in [1.165, 1.54) is 4.90 Å². The molecule has 5 heteroatoms. The largest absolute Gasteiger partial charge is 0.481 e. The van der Waals surface area contributed by atoms with Crippen LogP contribution in [0.1, 0.15) is 32.1 Å². The van der Waals surface area contributed by atoms with Crippen LogP contribution >= 0.6 is 0 Å². The van der Waals surface area contributed by atoms with E-state index >= 15 is 0 Å². The maximum atomic E-state index is 11.4. The number of carboxylic acid groups (broad SMARTS) is 1. The molecule has 0 saturated heterocycles. The van der Waals surface area contributed by atoms with Gasteiger partial charge in [0.1, 0.15) is 0 Å². The number of aliphatic carboxylic acids is 1. The van der Waals surface area contributed by atoms with E-state index in [0.29, 0.717) is 13.0 Å². The van der Waals surface area contributed by atoms with Crippen molar-refractivity contribution in [2.75, 3.05) is 20.1 Å². The van der Waals surface area contributed by atoms with Crippen molar-refractivity contribution in [1.82, 2.24) is 4.90 Å². The first-order valence-electron chi connectivity index (χ1n) is 5.23. The van der Waals surface area contributed by atoms with Crippen LogP contribution in [0.5, 0.6) is 0 Å². The van der Waals surface area contributed by atoms with Crippen LogP contribution in [0.25, 0.3) is 0 Å². The summed E-state index contributed by atoms with van der Waals surface area (Å²) in [6.07, 6.45) is 3.20. The molecule has 88 valence electrons. The summed E-state index contributed by atoms with van der Waals surface area (Å²) in [6, 6.07) is 0. The fourth-order valence-electron chi connectivity index (χ4n) is 1.18. The van der Waals surface area contributed by atoms with Crippen LogP contribution in [0.15, 0.2) is 0 Å². The maximum absolute atomic E-state index is 11.4. The zero-order valence-electron chi connectivity index (χ0n) is 9.24. The molecule has 0 fully saturated rings. The number of hydrogen-bond donors (Lipinski definition) is 2. The molecule has 0 bridgehead atoms. The van der Waals surface area contributed by atoms with Crippen LogP contribution in [0, 0.1) is 0 Å². The van der Waals surface area contributed by atoms with Gasteiger partial charge >= 0.3 is 5.97 Å². The molecule has 0 aliphatic rings. The van der Waals surface area contributed by atoms with Crippen molar-refractivity contribution in [3.63, 3.8) is 0 Å². The Labute approximate surface area is 90.2 Å². The van der Waals surface area contributed by atoms with Gasteiger partial charge in [0, 0.05) is 20.0 Å². The molecular weight excluding hydrogens is 196 g/mol. The van der Waals surface area contributed by atoms with Gasteiger partial charge in [0.05, 0.1) is 6.42 Å². The fraction of sp³-hybridized carbons (Fsp3) is 0.800. The van der Waals surface area contributed by atoms with Crippen LogP contribution in [0.4, 0.5) is 0 Å². The molecule has 0 aliphatic heterocycles. The third-order valence-electron chi connectivity index (χ3n) is 2.18. The Morgan fingerprint density at radius 3 is 2.40 bits per heavy atom. The van der Waals surface area contributed by atoms with Crippen molar-refractivity contribution in [2.24, 2.45) is 5.73 Å². The van der Waals surface area contributed by atoms with Gasteiger partial charge in [-0.25, -0.2) is 0 Å². The van der Waals surface area contributed by atoms with Gasteiger partial charge in [0.25, 0.3) is 0 Å². The number of nitrogens with two attached hydrogens (primary N) is 1. The van der Waals surface area contributed by atoms with Crippen LogP contribution in [-0.2, 0) is 9.59 Å². The van der Waals surface area contributed by atoms with Gasteiger partial charge in [-0.1, -0.05) is 6.42 Å². The molecule has 5 nitrogen and oxygen atoms in total. The maximum Gasteiger partial charge on any atom is 0.305 e. The van der Waals surface area contributed by atoms with Crippen LogP contribution in [0.2, 0.25) is 0 Å². The summed E-state index contributed by atoms with van der Waals surface area (Å²) < 4.78 is 0.